The van der Waals surface area contributed by atoms with E-state index >= 15 is 0 Å². The van der Waals surface area contributed by atoms with E-state index in [9.17, 15) is 14.4 Å². The number of unbranched alkanes of at least 4 members (excludes halogenated alkanes) is 1. The highest BCUT2D eigenvalue weighted by Crippen LogP contribution is 2.18. The van der Waals surface area contributed by atoms with Crippen molar-refractivity contribution in [3.05, 3.63) is 51.6 Å². The van der Waals surface area contributed by atoms with Gasteiger partial charge in [-0.3, -0.25) is 19.6 Å². The lowest BCUT2D eigenvalue weighted by molar-refractivity contribution is -0.122. The third-order valence-corrected chi connectivity index (χ3v) is 4.68. The number of aryl methyl sites for hydroxylation is 1. The van der Waals surface area contributed by atoms with Gasteiger partial charge in [-0.2, -0.15) is 0 Å². The Balaban J connectivity index is 1.97. The van der Waals surface area contributed by atoms with Crippen molar-refractivity contribution in [1.82, 2.24) is 20.0 Å². The van der Waals surface area contributed by atoms with Crippen molar-refractivity contribution in [2.75, 3.05) is 13.7 Å². The summed E-state index contributed by atoms with van der Waals surface area (Å²) in [6, 6.07) is 6.61. The van der Waals surface area contributed by atoms with Crippen molar-refractivity contribution in [1.29, 1.82) is 0 Å². The fraction of sp³-hybridized carbons (Fsp3) is 0.350. The van der Waals surface area contributed by atoms with Gasteiger partial charge in [0.05, 0.1) is 18.4 Å². The molecule has 2 aromatic rings. The van der Waals surface area contributed by atoms with E-state index in [0.717, 1.165) is 12.8 Å². The Kier molecular flexibility index (Phi) is 5.67. The fourth-order valence-electron chi connectivity index (χ4n) is 3.06. The molecule has 1 fully saturated rings. The number of benzene rings is 1. The third-order valence-electron chi connectivity index (χ3n) is 4.68. The first-order valence-electron chi connectivity index (χ1n) is 9.33. The molecule has 2 heterocycles. The summed E-state index contributed by atoms with van der Waals surface area (Å²) in [5.74, 6) is 0.282. The van der Waals surface area contributed by atoms with Crippen LogP contribution in [0.3, 0.4) is 0 Å². The van der Waals surface area contributed by atoms with Gasteiger partial charge in [0.2, 0.25) is 0 Å². The predicted molar refractivity (Wildman–Crippen MR) is 105 cm³/mol. The van der Waals surface area contributed by atoms with E-state index < -0.39 is 11.9 Å². The number of carbonyl (C=O) groups excluding carboxylic acids is 2. The van der Waals surface area contributed by atoms with Crippen LogP contribution in [0.15, 0.2) is 34.8 Å². The summed E-state index contributed by atoms with van der Waals surface area (Å²) in [5, 5.41) is 5.65. The molecule has 148 valence electrons. The molecule has 1 saturated heterocycles. The molecular formula is C20H24N4O4. The number of nitrogens with zero attached hydrogens (tertiary/aromatic N) is 2. The Morgan fingerprint density at radius 1 is 1.11 bits per heavy atom. The molecule has 0 bridgehead atoms. The maximum atomic E-state index is 13.0. The van der Waals surface area contributed by atoms with Gasteiger partial charge in [0.25, 0.3) is 11.5 Å². The molecule has 8 nitrogen and oxygen atoms in total. The summed E-state index contributed by atoms with van der Waals surface area (Å²) in [7, 11) is 1.58. The van der Waals surface area contributed by atoms with Crippen molar-refractivity contribution < 1.29 is 14.3 Å². The van der Waals surface area contributed by atoms with Gasteiger partial charge in [-0.25, -0.2) is 9.48 Å². The van der Waals surface area contributed by atoms with E-state index in [-0.39, 0.29) is 11.3 Å². The van der Waals surface area contributed by atoms with E-state index in [2.05, 4.69) is 10.4 Å². The molecule has 28 heavy (non-hydrogen) atoms. The lowest BCUT2D eigenvalue weighted by Crippen LogP contribution is -2.31. The van der Waals surface area contributed by atoms with Crippen LogP contribution in [0.1, 0.15) is 37.9 Å². The van der Waals surface area contributed by atoms with Gasteiger partial charge in [0.15, 0.2) is 0 Å². The van der Waals surface area contributed by atoms with Crippen molar-refractivity contribution in [3.8, 4) is 11.4 Å². The number of methoxy groups -OCH3 is 1. The van der Waals surface area contributed by atoms with Gasteiger partial charge >= 0.3 is 6.03 Å². The van der Waals surface area contributed by atoms with Crippen molar-refractivity contribution in [2.45, 2.75) is 33.1 Å². The van der Waals surface area contributed by atoms with Gasteiger partial charge in [-0.1, -0.05) is 20.3 Å². The number of imide groups is 1. The quantitative estimate of drug-likeness (QED) is 0.566. The van der Waals surface area contributed by atoms with Crippen LogP contribution in [0, 0.1) is 0 Å². The monoisotopic (exact) mass is 384 g/mol. The normalized spacial score (nSPS) is 15.4. The highest BCUT2D eigenvalue weighted by Gasteiger charge is 2.33. The van der Waals surface area contributed by atoms with E-state index in [1.165, 1.54) is 15.7 Å². The molecule has 1 aliphatic rings. The van der Waals surface area contributed by atoms with Crippen molar-refractivity contribution in [2.24, 2.45) is 0 Å². The molecule has 0 spiro atoms. The first-order chi connectivity index (χ1) is 13.5. The number of hydrogen-bond donors (Lipinski definition) is 2. The first-order valence-corrected chi connectivity index (χ1v) is 9.33. The smallest absolute Gasteiger partial charge is 0.329 e. The Bertz CT molecular complexity index is 969. The maximum Gasteiger partial charge on any atom is 0.329 e. The number of aromatic amines is 1. The highest BCUT2D eigenvalue weighted by atomic mass is 16.5. The lowest BCUT2D eigenvalue weighted by Gasteiger charge is -2.09. The van der Waals surface area contributed by atoms with Crippen LogP contribution in [0.2, 0.25) is 0 Å². The second kappa shape index (κ2) is 8.16. The number of ether oxygens (including phenoxy) is 1. The number of urea groups is 1. The van der Waals surface area contributed by atoms with Crippen LogP contribution in [0.5, 0.6) is 5.75 Å². The molecule has 3 amide bonds. The average molecular weight is 384 g/mol. The summed E-state index contributed by atoms with van der Waals surface area (Å²) < 4.78 is 6.56. The van der Waals surface area contributed by atoms with Crippen LogP contribution in [-0.4, -0.2) is 40.3 Å². The van der Waals surface area contributed by atoms with Gasteiger partial charge in [-0.15, -0.1) is 0 Å². The number of H-pyrrole nitrogens is 1. The zero-order valence-corrected chi connectivity index (χ0v) is 16.2. The Morgan fingerprint density at radius 3 is 2.43 bits per heavy atom. The van der Waals surface area contributed by atoms with Crippen molar-refractivity contribution in [3.63, 3.8) is 0 Å². The average Bonchev–Trinajstić information content (AvgIpc) is 3.16. The number of nitrogens with one attached hydrogen (secondary N) is 2. The molecule has 1 aromatic carbocycles. The third kappa shape index (κ3) is 3.58. The second-order valence-electron chi connectivity index (χ2n) is 6.49. The van der Waals surface area contributed by atoms with Crippen LogP contribution < -0.4 is 15.6 Å². The second-order valence-corrected chi connectivity index (χ2v) is 6.49. The maximum absolute atomic E-state index is 13.0. The number of amides is 3. The Hall–Kier alpha value is -3.29. The van der Waals surface area contributed by atoms with E-state index in [1.54, 1.807) is 31.4 Å². The molecule has 0 saturated carbocycles. The molecule has 0 unspecified atom stereocenters. The molecule has 0 aliphatic carbocycles. The molecule has 2 N–H and O–H groups in total. The van der Waals surface area contributed by atoms with Crippen molar-refractivity contribution >= 4 is 18.0 Å². The summed E-state index contributed by atoms with van der Waals surface area (Å²) in [4.78, 5) is 38.7. The lowest BCUT2D eigenvalue weighted by atomic mass is 10.1. The fourth-order valence-corrected chi connectivity index (χ4v) is 3.06. The topological polar surface area (TPSA) is 96.4 Å². The van der Waals surface area contributed by atoms with E-state index in [0.29, 0.717) is 35.7 Å². The van der Waals surface area contributed by atoms with Crippen LogP contribution in [-0.2, 0) is 11.2 Å². The largest absolute Gasteiger partial charge is 0.497 e. The van der Waals surface area contributed by atoms with Crippen LogP contribution >= 0.6 is 0 Å². The highest BCUT2D eigenvalue weighted by molar-refractivity contribution is 6.14. The van der Waals surface area contributed by atoms with Gasteiger partial charge in [0, 0.05) is 12.2 Å². The Morgan fingerprint density at radius 2 is 1.82 bits per heavy atom. The Labute approximate surface area is 162 Å². The van der Waals surface area contributed by atoms with Gasteiger partial charge in [0.1, 0.15) is 11.4 Å². The van der Waals surface area contributed by atoms with Gasteiger partial charge in [-0.05, 0) is 43.2 Å². The number of aromatic nitrogens is 2. The molecule has 8 heteroatoms. The minimum atomic E-state index is -0.450. The number of rotatable bonds is 7. The number of hydrogen-bond acceptors (Lipinski definition) is 4. The summed E-state index contributed by atoms with van der Waals surface area (Å²) in [6.07, 6.45) is 3.64. The SMILES string of the molecule is CCCCN1C(=O)N/C(=C\c2c(CC)[nH]n(-c3ccc(OC)cc3)c2=O)C1=O. The summed E-state index contributed by atoms with van der Waals surface area (Å²) in [5.41, 5.74) is 1.52. The van der Waals surface area contributed by atoms with E-state index in [4.69, 9.17) is 4.74 Å². The molecular weight excluding hydrogens is 360 g/mol. The summed E-state index contributed by atoms with van der Waals surface area (Å²) in [6.45, 7) is 4.26. The molecule has 1 aromatic heterocycles. The minimum absolute atomic E-state index is 0.119. The minimum Gasteiger partial charge on any atom is -0.497 e. The zero-order chi connectivity index (χ0) is 20.3. The first kappa shape index (κ1) is 19.5. The molecule has 0 radical (unpaired) electrons. The van der Waals surface area contributed by atoms with E-state index in [1.807, 2.05) is 13.8 Å². The molecule has 0 atom stereocenters. The standard InChI is InChI=1S/C20H24N4O4/c1-4-6-11-23-19(26)17(21-20(23)27)12-15-16(5-2)22-24(18(15)25)13-7-9-14(28-3)10-8-13/h7-10,12,22H,4-6,11H2,1-3H3,(H,21,27)/b17-12-. The van der Waals surface area contributed by atoms with Crippen LogP contribution in [0.25, 0.3) is 11.8 Å². The summed E-state index contributed by atoms with van der Waals surface area (Å²) >= 11 is 0. The molecule has 3 rings (SSSR count). The van der Waals surface area contributed by atoms with Crippen LogP contribution in [0.4, 0.5) is 4.79 Å². The van der Waals surface area contributed by atoms with Gasteiger partial charge < -0.3 is 10.1 Å². The number of carbonyl (C=O) groups is 2. The zero-order valence-electron chi connectivity index (χ0n) is 16.2. The predicted octanol–water partition coefficient (Wildman–Crippen LogP) is 2.43. The molecule has 1 aliphatic heterocycles.